The highest BCUT2D eigenvalue weighted by molar-refractivity contribution is 7.83. The van der Waals surface area contributed by atoms with Crippen molar-refractivity contribution >= 4 is 46.4 Å². The molecule has 3 atom stereocenters. The summed E-state index contributed by atoms with van der Waals surface area (Å²) in [6, 6.07) is 5.16. The Morgan fingerprint density at radius 1 is 1.48 bits per heavy atom. The standard InChI is InChI=1S/C17H25ClN2O3S.ClH/c1-5-23-14-9-17(19,16(14,2)3)15(21)20-12-6-7-13(18)11(8-12)10-24(4)22;/h6-8,14H,5,9-10,19H2,1-4H3,(H,20,21);1H. The molecule has 142 valence electrons. The van der Waals surface area contributed by atoms with E-state index in [4.69, 9.17) is 22.1 Å². The number of anilines is 1. The van der Waals surface area contributed by atoms with Crippen LogP contribution in [0, 0.1) is 5.41 Å². The van der Waals surface area contributed by atoms with Crippen molar-refractivity contribution in [3.05, 3.63) is 28.8 Å². The van der Waals surface area contributed by atoms with Crippen molar-refractivity contribution in [3.8, 4) is 0 Å². The molecule has 1 aliphatic carbocycles. The Hall–Kier alpha value is -0.660. The molecule has 0 bridgehead atoms. The van der Waals surface area contributed by atoms with Crippen LogP contribution < -0.4 is 11.1 Å². The number of nitrogens with one attached hydrogen (secondary N) is 1. The van der Waals surface area contributed by atoms with E-state index in [1.54, 1.807) is 24.5 Å². The number of amides is 1. The first-order valence-corrected chi connectivity index (χ1v) is 10.0. The van der Waals surface area contributed by atoms with E-state index in [-0.39, 0.29) is 24.4 Å². The lowest BCUT2D eigenvalue weighted by Crippen LogP contribution is -2.74. The van der Waals surface area contributed by atoms with Crippen molar-refractivity contribution in [2.24, 2.45) is 11.1 Å². The molecule has 5 nitrogen and oxygen atoms in total. The van der Waals surface area contributed by atoms with Gasteiger partial charge in [0.25, 0.3) is 0 Å². The summed E-state index contributed by atoms with van der Waals surface area (Å²) in [7, 11) is -1.01. The number of hydrogen-bond donors (Lipinski definition) is 2. The van der Waals surface area contributed by atoms with Gasteiger partial charge in [-0.05, 0) is 30.7 Å². The van der Waals surface area contributed by atoms with Gasteiger partial charge in [-0.15, -0.1) is 12.4 Å². The van der Waals surface area contributed by atoms with Crippen molar-refractivity contribution < 1.29 is 13.7 Å². The average molecular weight is 409 g/mol. The maximum Gasteiger partial charge on any atom is 0.245 e. The smallest absolute Gasteiger partial charge is 0.245 e. The van der Waals surface area contributed by atoms with E-state index in [1.165, 1.54) is 0 Å². The quantitative estimate of drug-likeness (QED) is 0.757. The summed E-state index contributed by atoms with van der Waals surface area (Å²) >= 11 is 6.12. The molecule has 3 unspecified atom stereocenters. The third-order valence-corrected chi connectivity index (χ3v) is 5.98. The maximum atomic E-state index is 12.7. The van der Waals surface area contributed by atoms with Crippen molar-refractivity contribution in [3.63, 3.8) is 0 Å². The van der Waals surface area contributed by atoms with Gasteiger partial charge in [-0.1, -0.05) is 25.4 Å². The summed E-state index contributed by atoms with van der Waals surface area (Å²) in [4.78, 5) is 12.7. The first kappa shape index (κ1) is 22.4. The van der Waals surface area contributed by atoms with E-state index in [9.17, 15) is 9.00 Å². The van der Waals surface area contributed by atoms with Crippen LogP contribution >= 0.6 is 24.0 Å². The molecule has 1 aliphatic rings. The Balaban J connectivity index is 0.00000312. The Kier molecular flexibility index (Phi) is 7.48. The number of carbonyl (C=O) groups excluding carboxylic acids is 1. The van der Waals surface area contributed by atoms with Gasteiger partial charge >= 0.3 is 0 Å². The zero-order valence-electron chi connectivity index (χ0n) is 14.9. The second-order valence-electron chi connectivity index (χ2n) is 6.82. The first-order chi connectivity index (χ1) is 11.1. The van der Waals surface area contributed by atoms with Gasteiger partial charge in [0.1, 0.15) is 5.54 Å². The normalized spacial score (nSPS) is 25.4. The number of carbonyl (C=O) groups is 1. The third kappa shape index (κ3) is 4.37. The van der Waals surface area contributed by atoms with E-state index in [2.05, 4.69) is 5.32 Å². The molecule has 8 heteroatoms. The van der Waals surface area contributed by atoms with E-state index in [0.717, 1.165) is 5.56 Å². The minimum absolute atomic E-state index is 0. The predicted molar refractivity (Wildman–Crippen MR) is 106 cm³/mol. The molecule has 0 aliphatic heterocycles. The zero-order chi connectivity index (χ0) is 18.1. The number of nitrogens with two attached hydrogens (primary N) is 1. The lowest BCUT2D eigenvalue weighted by atomic mass is 9.54. The highest BCUT2D eigenvalue weighted by Gasteiger charge is 2.62. The molecule has 3 N–H and O–H groups in total. The molecule has 1 fully saturated rings. The Labute approximate surface area is 162 Å². The molecule has 1 aromatic rings. The second-order valence-corrected chi connectivity index (χ2v) is 8.66. The monoisotopic (exact) mass is 408 g/mol. The van der Waals surface area contributed by atoms with Crippen molar-refractivity contribution in [2.75, 3.05) is 18.2 Å². The lowest BCUT2D eigenvalue weighted by molar-refractivity contribution is -0.166. The van der Waals surface area contributed by atoms with Gasteiger partial charge < -0.3 is 15.8 Å². The third-order valence-electron chi connectivity index (χ3n) is 4.90. The fraction of sp³-hybridized carbons (Fsp3) is 0.588. The minimum Gasteiger partial charge on any atom is -0.378 e. The Morgan fingerprint density at radius 2 is 2.12 bits per heavy atom. The van der Waals surface area contributed by atoms with Crippen LogP contribution in [0.1, 0.15) is 32.8 Å². The van der Waals surface area contributed by atoms with E-state index in [1.807, 2.05) is 20.8 Å². The lowest BCUT2D eigenvalue weighted by Gasteiger charge is -2.57. The van der Waals surface area contributed by atoms with Crippen LogP contribution in [0.15, 0.2) is 18.2 Å². The minimum atomic E-state index is -1.01. The SMILES string of the molecule is CCOC1CC(N)(C(=O)Nc2ccc(Cl)c(CS(C)=O)c2)C1(C)C.Cl. The summed E-state index contributed by atoms with van der Waals surface area (Å²) in [5.41, 5.74) is 6.28. The van der Waals surface area contributed by atoms with Gasteiger partial charge in [-0.2, -0.15) is 0 Å². The molecule has 25 heavy (non-hydrogen) atoms. The molecule has 1 saturated carbocycles. The summed E-state index contributed by atoms with van der Waals surface area (Å²) < 4.78 is 17.1. The molecular formula is C17H26Cl2N2O3S. The molecule has 0 heterocycles. The summed E-state index contributed by atoms with van der Waals surface area (Å²) in [6.45, 7) is 6.42. The largest absolute Gasteiger partial charge is 0.378 e. The van der Waals surface area contributed by atoms with E-state index in [0.29, 0.717) is 29.5 Å². The fourth-order valence-electron chi connectivity index (χ4n) is 3.05. The van der Waals surface area contributed by atoms with E-state index >= 15 is 0 Å². The molecule has 1 aromatic carbocycles. The number of halogens is 2. The molecular weight excluding hydrogens is 383 g/mol. The van der Waals surface area contributed by atoms with Gasteiger partial charge in [0.2, 0.25) is 5.91 Å². The van der Waals surface area contributed by atoms with Gasteiger partial charge in [0.05, 0.1) is 6.10 Å². The van der Waals surface area contributed by atoms with Crippen molar-refractivity contribution in [1.82, 2.24) is 0 Å². The van der Waals surface area contributed by atoms with Crippen molar-refractivity contribution in [1.29, 1.82) is 0 Å². The molecule has 1 amide bonds. The Bertz CT molecular complexity index is 669. The number of rotatable bonds is 6. The summed E-state index contributed by atoms with van der Waals surface area (Å²) in [5, 5.41) is 3.40. The first-order valence-electron chi connectivity index (χ1n) is 7.92. The zero-order valence-corrected chi connectivity index (χ0v) is 17.3. The van der Waals surface area contributed by atoms with Crippen molar-refractivity contribution in [2.45, 2.75) is 44.6 Å². The fourth-order valence-corrected chi connectivity index (χ4v) is 3.99. The van der Waals surface area contributed by atoms with E-state index < -0.39 is 21.8 Å². The van der Waals surface area contributed by atoms with Gasteiger partial charge in [0.15, 0.2) is 0 Å². The van der Waals surface area contributed by atoms with Crippen LogP contribution in [-0.2, 0) is 26.1 Å². The molecule has 0 saturated heterocycles. The summed E-state index contributed by atoms with van der Waals surface area (Å²) in [5.74, 6) is 0.100. The predicted octanol–water partition coefficient (Wildman–Crippen LogP) is 3.11. The topological polar surface area (TPSA) is 81.4 Å². The Morgan fingerprint density at radius 3 is 2.64 bits per heavy atom. The molecule has 0 radical (unpaired) electrons. The number of hydrogen-bond acceptors (Lipinski definition) is 4. The van der Waals surface area contributed by atoms with Gasteiger partial charge in [-0.25, -0.2) is 0 Å². The summed E-state index contributed by atoms with van der Waals surface area (Å²) in [6.07, 6.45) is 2.07. The maximum absolute atomic E-state index is 12.7. The van der Waals surface area contributed by atoms with Crippen LogP contribution in [0.2, 0.25) is 5.02 Å². The van der Waals surface area contributed by atoms with Crippen LogP contribution in [0.5, 0.6) is 0 Å². The molecule has 0 spiro atoms. The highest BCUT2D eigenvalue weighted by atomic mass is 35.5. The van der Waals surface area contributed by atoms with Crippen LogP contribution in [-0.4, -0.2) is 34.6 Å². The highest BCUT2D eigenvalue weighted by Crippen LogP contribution is 2.50. The second kappa shape index (κ2) is 8.35. The number of benzene rings is 1. The van der Waals surface area contributed by atoms with Crippen LogP contribution in [0.4, 0.5) is 5.69 Å². The molecule has 0 aromatic heterocycles. The average Bonchev–Trinajstić information content (AvgIpc) is 2.49. The van der Waals surface area contributed by atoms with Crippen LogP contribution in [0.3, 0.4) is 0 Å². The number of ether oxygens (including phenoxy) is 1. The molecule has 2 rings (SSSR count). The van der Waals surface area contributed by atoms with Crippen LogP contribution in [0.25, 0.3) is 0 Å². The van der Waals surface area contributed by atoms with Gasteiger partial charge in [-0.3, -0.25) is 9.00 Å². The van der Waals surface area contributed by atoms with Gasteiger partial charge in [0, 0.05) is 52.0 Å².